The third-order valence-electron chi connectivity index (χ3n) is 4.81. The van der Waals surface area contributed by atoms with Crippen LogP contribution in [0.3, 0.4) is 0 Å². The van der Waals surface area contributed by atoms with Crippen molar-refractivity contribution >= 4 is 24.1 Å². The molecule has 1 aromatic rings. The molecule has 1 aromatic carbocycles. The van der Waals surface area contributed by atoms with E-state index in [1.165, 1.54) is 0 Å². The largest absolute Gasteiger partial charge is 0.445 e. The van der Waals surface area contributed by atoms with E-state index in [1.54, 1.807) is 0 Å². The molecular formula is C17H21NO3S. The molecule has 3 aliphatic rings. The third-order valence-corrected chi connectivity index (χ3v) is 6.69. The van der Waals surface area contributed by atoms with Crippen molar-refractivity contribution in [3.63, 3.8) is 0 Å². The van der Waals surface area contributed by atoms with E-state index in [9.17, 15) is 9.59 Å². The second kappa shape index (κ2) is 6.32. The fourth-order valence-corrected chi connectivity index (χ4v) is 4.94. The molecule has 2 heterocycles. The highest BCUT2D eigenvalue weighted by Gasteiger charge is 2.49. The lowest BCUT2D eigenvalue weighted by molar-refractivity contribution is -0.108. The molecule has 1 amide bonds. The molecule has 1 N–H and O–H groups in total. The van der Waals surface area contributed by atoms with E-state index in [-0.39, 0.29) is 16.4 Å². The number of benzene rings is 1. The first-order chi connectivity index (χ1) is 10.7. The fourth-order valence-electron chi connectivity index (χ4n) is 3.32. The molecule has 3 fully saturated rings. The van der Waals surface area contributed by atoms with Crippen LogP contribution in [0.5, 0.6) is 0 Å². The Labute approximate surface area is 135 Å². The van der Waals surface area contributed by atoms with Crippen LogP contribution in [-0.4, -0.2) is 28.4 Å². The zero-order chi connectivity index (χ0) is 15.5. The van der Waals surface area contributed by atoms with Gasteiger partial charge in [0, 0.05) is 16.9 Å². The van der Waals surface area contributed by atoms with Crippen LogP contribution in [0.15, 0.2) is 30.3 Å². The van der Waals surface area contributed by atoms with E-state index in [4.69, 9.17) is 4.74 Å². The number of hydrogen-bond donors (Lipinski definition) is 1. The van der Waals surface area contributed by atoms with Gasteiger partial charge >= 0.3 is 6.09 Å². The first-order valence-electron chi connectivity index (χ1n) is 7.72. The molecule has 1 aliphatic carbocycles. The Bertz CT molecular complexity index is 522. The van der Waals surface area contributed by atoms with E-state index < -0.39 is 0 Å². The summed E-state index contributed by atoms with van der Waals surface area (Å²) in [6.07, 6.45) is 5.20. The molecule has 1 saturated carbocycles. The normalized spacial score (nSPS) is 29.8. The van der Waals surface area contributed by atoms with Gasteiger partial charge in [-0.2, -0.15) is 11.8 Å². The number of alkyl carbamates (subject to hydrolysis) is 1. The standard InChI is InChI=1S/C17H21NO3S/c19-11-10-17-8-6-16(7-9-17,13-22-17)18-15(20)21-12-14-4-2-1-3-5-14/h1-5,11H,6-10,12-13H2,(H,18,20). The molecule has 0 unspecified atom stereocenters. The highest BCUT2D eigenvalue weighted by Crippen LogP contribution is 2.52. The summed E-state index contributed by atoms with van der Waals surface area (Å²) in [5.41, 5.74) is 0.838. The molecule has 2 bridgehead atoms. The molecule has 22 heavy (non-hydrogen) atoms. The molecule has 0 atom stereocenters. The summed E-state index contributed by atoms with van der Waals surface area (Å²) in [5, 5.41) is 3.08. The molecule has 2 aliphatic heterocycles. The van der Waals surface area contributed by atoms with Crippen molar-refractivity contribution in [3.05, 3.63) is 35.9 Å². The third kappa shape index (κ3) is 3.29. The van der Waals surface area contributed by atoms with Crippen molar-refractivity contribution in [1.29, 1.82) is 0 Å². The summed E-state index contributed by atoms with van der Waals surface area (Å²) in [4.78, 5) is 22.9. The second-order valence-corrected chi connectivity index (χ2v) is 7.75. The van der Waals surface area contributed by atoms with Gasteiger partial charge in [-0.05, 0) is 31.2 Å². The lowest BCUT2D eigenvalue weighted by Crippen LogP contribution is -2.59. The zero-order valence-corrected chi connectivity index (χ0v) is 13.4. The molecule has 4 rings (SSSR count). The van der Waals surface area contributed by atoms with Crippen LogP contribution in [-0.2, 0) is 16.1 Å². The van der Waals surface area contributed by atoms with Crippen LogP contribution in [0, 0.1) is 0 Å². The minimum absolute atomic E-state index is 0.124. The summed E-state index contributed by atoms with van der Waals surface area (Å²) in [5.74, 6) is 0.876. The predicted molar refractivity (Wildman–Crippen MR) is 86.8 cm³/mol. The molecule has 118 valence electrons. The van der Waals surface area contributed by atoms with E-state index >= 15 is 0 Å². The quantitative estimate of drug-likeness (QED) is 0.846. The summed E-state index contributed by atoms with van der Waals surface area (Å²) in [6, 6.07) is 9.68. The Morgan fingerprint density at radius 3 is 2.55 bits per heavy atom. The van der Waals surface area contributed by atoms with Gasteiger partial charge in [0.05, 0.1) is 5.54 Å². The zero-order valence-electron chi connectivity index (χ0n) is 12.5. The maximum absolute atomic E-state index is 12.1. The maximum atomic E-state index is 12.1. The minimum Gasteiger partial charge on any atom is -0.445 e. The summed E-state index contributed by atoms with van der Waals surface area (Å²) < 4.78 is 5.46. The number of nitrogens with one attached hydrogen (secondary N) is 1. The Hall–Kier alpha value is -1.49. The Morgan fingerprint density at radius 1 is 1.23 bits per heavy atom. The average Bonchev–Trinajstić information content (AvgIpc) is 2.56. The van der Waals surface area contributed by atoms with Crippen molar-refractivity contribution in [2.75, 3.05) is 5.75 Å². The Morgan fingerprint density at radius 2 is 1.95 bits per heavy atom. The highest BCUT2D eigenvalue weighted by atomic mass is 32.2. The topological polar surface area (TPSA) is 55.4 Å². The molecule has 0 aromatic heterocycles. The SMILES string of the molecule is O=CCC12CCC(NC(=O)OCc3ccccc3)(CC1)CS2. The van der Waals surface area contributed by atoms with E-state index in [1.807, 2.05) is 42.1 Å². The molecule has 0 radical (unpaired) electrons. The Balaban J connectivity index is 1.51. The monoisotopic (exact) mass is 319 g/mol. The number of fused-ring (bicyclic) bond motifs is 3. The van der Waals surface area contributed by atoms with Gasteiger partial charge in [0.1, 0.15) is 12.9 Å². The van der Waals surface area contributed by atoms with Gasteiger partial charge in [0.25, 0.3) is 0 Å². The molecule has 4 nitrogen and oxygen atoms in total. The number of carbonyl (C=O) groups excluding carboxylic acids is 2. The summed E-state index contributed by atoms with van der Waals surface area (Å²) in [7, 11) is 0. The lowest BCUT2D eigenvalue weighted by Gasteiger charge is -2.52. The van der Waals surface area contributed by atoms with Crippen LogP contribution in [0.1, 0.15) is 37.7 Å². The lowest BCUT2D eigenvalue weighted by atomic mass is 9.75. The van der Waals surface area contributed by atoms with Crippen LogP contribution < -0.4 is 5.32 Å². The van der Waals surface area contributed by atoms with Gasteiger partial charge in [-0.15, -0.1) is 0 Å². The maximum Gasteiger partial charge on any atom is 0.407 e. The van der Waals surface area contributed by atoms with Gasteiger partial charge in [0.2, 0.25) is 0 Å². The molecular weight excluding hydrogens is 298 g/mol. The number of carbonyl (C=O) groups is 2. The van der Waals surface area contributed by atoms with Gasteiger partial charge in [-0.3, -0.25) is 0 Å². The first kappa shape index (κ1) is 15.4. The van der Waals surface area contributed by atoms with E-state index in [0.29, 0.717) is 13.0 Å². The van der Waals surface area contributed by atoms with Crippen molar-refractivity contribution in [2.45, 2.75) is 49.0 Å². The molecule has 0 spiro atoms. The van der Waals surface area contributed by atoms with Gasteiger partial charge in [0.15, 0.2) is 0 Å². The van der Waals surface area contributed by atoms with Crippen LogP contribution >= 0.6 is 11.8 Å². The molecule has 5 heteroatoms. The van der Waals surface area contributed by atoms with Crippen molar-refractivity contribution in [2.24, 2.45) is 0 Å². The molecule has 2 saturated heterocycles. The first-order valence-corrected chi connectivity index (χ1v) is 8.70. The van der Waals surface area contributed by atoms with Crippen LogP contribution in [0.25, 0.3) is 0 Å². The minimum atomic E-state index is -0.339. The second-order valence-electron chi connectivity index (χ2n) is 6.31. The highest BCUT2D eigenvalue weighted by molar-refractivity contribution is 8.00. The summed E-state index contributed by atoms with van der Waals surface area (Å²) >= 11 is 1.84. The summed E-state index contributed by atoms with van der Waals surface area (Å²) in [6.45, 7) is 0.297. The van der Waals surface area contributed by atoms with E-state index in [0.717, 1.165) is 43.3 Å². The van der Waals surface area contributed by atoms with Crippen LogP contribution in [0.2, 0.25) is 0 Å². The number of amides is 1. The smallest absolute Gasteiger partial charge is 0.407 e. The predicted octanol–water partition coefficient (Wildman–Crippen LogP) is 3.30. The van der Waals surface area contributed by atoms with Gasteiger partial charge < -0.3 is 14.8 Å². The Kier molecular flexibility index (Phi) is 4.43. The number of thioether (sulfide) groups is 1. The van der Waals surface area contributed by atoms with Crippen molar-refractivity contribution < 1.29 is 14.3 Å². The van der Waals surface area contributed by atoms with Crippen molar-refractivity contribution in [3.8, 4) is 0 Å². The number of ether oxygens (including phenoxy) is 1. The number of hydrogen-bond acceptors (Lipinski definition) is 4. The van der Waals surface area contributed by atoms with Crippen molar-refractivity contribution in [1.82, 2.24) is 5.32 Å². The fraction of sp³-hybridized carbons (Fsp3) is 0.529. The van der Waals surface area contributed by atoms with Gasteiger partial charge in [-0.1, -0.05) is 30.3 Å². The van der Waals surface area contributed by atoms with Crippen LogP contribution in [0.4, 0.5) is 4.79 Å². The van der Waals surface area contributed by atoms with E-state index in [2.05, 4.69) is 5.32 Å². The van der Waals surface area contributed by atoms with Gasteiger partial charge in [-0.25, -0.2) is 4.79 Å². The number of rotatable bonds is 5. The average molecular weight is 319 g/mol. The number of aldehydes is 1.